The number of benzene rings is 1. The van der Waals surface area contributed by atoms with Crippen LogP contribution in [-0.4, -0.2) is 0 Å². The van der Waals surface area contributed by atoms with Gasteiger partial charge >= 0.3 is 0 Å². The van der Waals surface area contributed by atoms with E-state index in [1.54, 1.807) is 0 Å². The third kappa shape index (κ3) is 3.58. The van der Waals surface area contributed by atoms with Crippen molar-refractivity contribution in [3.8, 4) is 0 Å². The van der Waals surface area contributed by atoms with Crippen LogP contribution in [0.3, 0.4) is 0 Å². The molecule has 1 rings (SSSR count). The quantitative estimate of drug-likeness (QED) is 0.653. The lowest BCUT2D eigenvalue weighted by Gasteiger charge is -2.09. The molecule has 0 saturated heterocycles. The van der Waals surface area contributed by atoms with Crippen molar-refractivity contribution < 1.29 is 4.39 Å². The molecular weight excluding hydrogens is 163 g/mol. The molecule has 1 heteroatoms. The molecule has 0 bridgehead atoms. The minimum absolute atomic E-state index is 0.585. The Morgan fingerprint density at radius 2 is 1.69 bits per heavy atom. The van der Waals surface area contributed by atoms with Gasteiger partial charge in [0.15, 0.2) is 0 Å². The minimum Gasteiger partial charge on any atom is -0.242 e. The van der Waals surface area contributed by atoms with Crippen molar-refractivity contribution in [2.75, 3.05) is 0 Å². The fourth-order valence-corrected chi connectivity index (χ4v) is 1.31. The zero-order chi connectivity index (χ0) is 9.68. The molecule has 0 spiro atoms. The van der Waals surface area contributed by atoms with Gasteiger partial charge in [-0.15, -0.1) is 0 Å². The first-order valence-electron chi connectivity index (χ1n) is 4.89. The minimum atomic E-state index is -0.788. The Bertz CT molecular complexity index is 228. The molecule has 0 aliphatic heterocycles. The molecule has 72 valence electrons. The molecule has 13 heavy (non-hydrogen) atoms. The van der Waals surface area contributed by atoms with Crippen molar-refractivity contribution in [2.24, 2.45) is 5.92 Å². The first-order chi connectivity index (χ1) is 6.20. The molecule has 1 unspecified atom stereocenters. The first kappa shape index (κ1) is 10.2. The van der Waals surface area contributed by atoms with Crippen LogP contribution in [0.15, 0.2) is 30.3 Å². The largest absolute Gasteiger partial charge is 0.242 e. The van der Waals surface area contributed by atoms with Gasteiger partial charge in [0.1, 0.15) is 6.17 Å². The lowest BCUT2D eigenvalue weighted by molar-refractivity contribution is 0.302. The summed E-state index contributed by atoms with van der Waals surface area (Å²) < 4.78 is 13.5. The summed E-state index contributed by atoms with van der Waals surface area (Å²) in [5, 5.41) is 0. The van der Waals surface area contributed by atoms with Crippen LogP contribution in [0.25, 0.3) is 0 Å². The van der Waals surface area contributed by atoms with Crippen LogP contribution in [0.4, 0.5) is 4.39 Å². The van der Waals surface area contributed by atoms with Gasteiger partial charge in [0.25, 0.3) is 0 Å². The van der Waals surface area contributed by atoms with Crippen LogP contribution < -0.4 is 0 Å². The molecule has 0 amide bonds. The number of rotatable bonds is 4. The van der Waals surface area contributed by atoms with Gasteiger partial charge in [0.05, 0.1) is 0 Å². The van der Waals surface area contributed by atoms with Gasteiger partial charge in [0.2, 0.25) is 0 Å². The Morgan fingerprint density at radius 1 is 1.08 bits per heavy atom. The van der Waals surface area contributed by atoms with E-state index in [-0.39, 0.29) is 0 Å². The maximum Gasteiger partial charge on any atom is 0.125 e. The molecule has 0 aromatic heterocycles. The van der Waals surface area contributed by atoms with Gasteiger partial charge in [-0.3, -0.25) is 0 Å². The molecular formula is C12H17F. The molecule has 0 aliphatic rings. The predicted molar refractivity (Wildman–Crippen MR) is 54.4 cm³/mol. The van der Waals surface area contributed by atoms with E-state index in [1.165, 1.54) is 0 Å². The monoisotopic (exact) mass is 180 g/mol. The molecule has 0 N–H and O–H groups in total. The van der Waals surface area contributed by atoms with E-state index in [9.17, 15) is 4.39 Å². The average molecular weight is 180 g/mol. The van der Waals surface area contributed by atoms with Crippen molar-refractivity contribution in [1.82, 2.24) is 0 Å². The fourth-order valence-electron chi connectivity index (χ4n) is 1.31. The highest BCUT2D eigenvalue weighted by Gasteiger charge is 2.09. The first-order valence-corrected chi connectivity index (χ1v) is 4.89. The summed E-state index contributed by atoms with van der Waals surface area (Å²) in [7, 11) is 0. The number of hydrogen-bond donors (Lipinski definition) is 0. The second kappa shape index (κ2) is 5.00. The van der Waals surface area contributed by atoms with E-state index in [2.05, 4.69) is 13.8 Å². The third-order valence-electron chi connectivity index (χ3n) is 2.16. The van der Waals surface area contributed by atoms with Gasteiger partial charge in [0, 0.05) is 0 Å². The maximum atomic E-state index is 13.5. The molecule has 1 aromatic rings. The number of halogens is 1. The third-order valence-corrected chi connectivity index (χ3v) is 2.16. The summed E-state index contributed by atoms with van der Waals surface area (Å²) in [5.41, 5.74) is 0.808. The molecule has 0 fully saturated rings. The van der Waals surface area contributed by atoms with Gasteiger partial charge in [-0.25, -0.2) is 4.39 Å². The SMILES string of the molecule is CC(C)CCC(F)c1ccccc1. The van der Waals surface area contributed by atoms with Crippen LogP contribution in [0, 0.1) is 5.92 Å². The molecule has 0 radical (unpaired) electrons. The van der Waals surface area contributed by atoms with Crippen molar-refractivity contribution in [3.63, 3.8) is 0 Å². The molecule has 1 atom stereocenters. The highest BCUT2D eigenvalue weighted by Crippen LogP contribution is 2.24. The van der Waals surface area contributed by atoms with Crippen molar-refractivity contribution >= 4 is 0 Å². The van der Waals surface area contributed by atoms with E-state index in [1.807, 2.05) is 30.3 Å². The van der Waals surface area contributed by atoms with Gasteiger partial charge < -0.3 is 0 Å². The van der Waals surface area contributed by atoms with Gasteiger partial charge in [-0.2, -0.15) is 0 Å². The average Bonchev–Trinajstić information content (AvgIpc) is 2.15. The summed E-state index contributed by atoms with van der Waals surface area (Å²) in [6.07, 6.45) is 0.807. The second-order valence-electron chi connectivity index (χ2n) is 3.85. The molecule has 0 saturated carbocycles. The van der Waals surface area contributed by atoms with Gasteiger partial charge in [-0.1, -0.05) is 44.2 Å². The normalized spacial score (nSPS) is 13.2. The smallest absolute Gasteiger partial charge is 0.125 e. The van der Waals surface area contributed by atoms with Crippen molar-refractivity contribution in [2.45, 2.75) is 32.9 Å². The fraction of sp³-hybridized carbons (Fsp3) is 0.500. The Hall–Kier alpha value is -0.850. The highest BCUT2D eigenvalue weighted by molar-refractivity contribution is 5.17. The summed E-state index contributed by atoms with van der Waals surface area (Å²) in [4.78, 5) is 0. The van der Waals surface area contributed by atoms with Crippen LogP contribution in [0.2, 0.25) is 0 Å². The second-order valence-corrected chi connectivity index (χ2v) is 3.85. The molecule has 0 aliphatic carbocycles. The zero-order valence-corrected chi connectivity index (χ0v) is 8.33. The molecule has 0 heterocycles. The zero-order valence-electron chi connectivity index (χ0n) is 8.33. The Labute approximate surface area is 79.8 Å². The Morgan fingerprint density at radius 3 is 2.23 bits per heavy atom. The number of alkyl halides is 1. The summed E-state index contributed by atoms with van der Waals surface area (Å²) in [6.45, 7) is 4.25. The van der Waals surface area contributed by atoms with Crippen LogP contribution in [-0.2, 0) is 0 Å². The van der Waals surface area contributed by atoms with E-state index >= 15 is 0 Å². The van der Waals surface area contributed by atoms with E-state index < -0.39 is 6.17 Å². The van der Waals surface area contributed by atoms with Crippen LogP contribution in [0.1, 0.15) is 38.4 Å². The molecule has 0 nitrogen and oxygen atoms in total. The van der Waals surface area contributed by atoms with Crippen LogP contribution >= 0.6 is 0 Å². The molecule has 1 aromatic carbocycles. The Kier molecular flexibility index (Phi) is 3.94. The lowest BCUT2D eigenvalue weighted by Crippen LogP contribution is -1.95. The van der Waals surface area contributed by atoms with E-state index in [4.69, 9.17) is 0 Å². The lowest BCUT2D eigenvalue weighted by atomic mass is 10.0. The van der Waals surface area contributed by atoms with Crippen molar-refractivity contribution in [3.05, 3.63) is 35.9 Å². The van der Waals surface area contributed by atoms with E-state index in [0.29, 0.717) is 12.3 Å². The summed E-state index contributed by atoms with van der Waals surface area (Å²) in [6, 6.07) is 9.39. The van der Waals surface area contributed by atoms with E-state index in [0.717, 1.165) is 12.0 Å². The predicted octanol–water partition coefficient (Wildman–Crippen LogP) is 4.13. The Balaban J connectivity index is 2.44. The summed E-state index contributed by atoms with van der Waals surface area (Å²) >= 11 is 0. The van der Waals surface area contributed by atoms with Crippen LogP contribution in [0.5, 0.6) is 0 Å². The maximum absolute atomic E-state index is 13.5. The number of hydrogen-bond acceptors (Lipinski definition) is 0. The topological polar surface area (TPSA) is 0 Å². The van der Waals surface area contributed by atoms with Crippen molar-refractivity contribution in [1.29, 1.82) is 0 Å². The standard InChI is InChI=1S/C12H17F/c1-10(2)8-9-12(13)11-6-4-3-5-7-11/h3-7,10,12H,8-9H2,1-2H3. The van der Waals surface area contributed by atoms with Gasteiger partial charge in [-0.05, 0) is 24.3 Å². The summed E-state index contributed by atoms with van der Waals surface area (Å²) in [5.74, 6) is 0.585. The highest BCUT2D eigenvalue weighted by atomic mass is 19.1.